The van der Waals surface area contributed by atoms with Crippen LogP contribution >= 0.6 is 22.9 Å². The van der Waals surface area contributed by atoms with Gasteiger partial charge in [0.15, 0.2) is 9.84 Å². The lowest BCUT2D eigenvalue weighted by Gasteiger charge is -2.27. The average molecular weight is 386 g/mol. The van der Waals surface area contributed by atoms with E-state index in [9.17, 15) is 8.42 Å². The maximum Gasteiger partial charge on any atom is 0.151 e. The smallest absolute Gasteiger partial charge is 0.151 e. The van der Waals surface area contributed by atoms with Crippen LogP contribution in [0.4, 0.5) is 0 Å². The summed E-state index contributed by atoms with van der Waals surface area (Å²) in [5.74, 6) is 1.34. The maximum absolute atomic E-state index is 11.9. The monoisotopic (exact) mass is 385 g/mol. The first-order chi connectivity index (χ1) is 11.4. The van der Waals surface area contributed by atoms with Crippen LogP contribution in [0.5, 0.6) is 5.75 Å². The van der Waals surface area contributed by atoms with Crippen molar-refractivity contribution in [1.82, 2.24) is 4.90 Å². The maximum atomic E-state index is 11.9. The van der Waals surface area contributed by atoms with Crippen molar-refractivity contribution in [3.8, 4) is 5.75 Å². The minimum Gasteiger partial charge on any atom is -0.497 e. The van der Waals surface area contributed by atoms with Crippen LogP contribution in [-0.4, -0.2) is 38.0 Å². The summed E-state index contributed by atoms with van der Waals surface area (Å²) in [6, 6.07) is 11.9. The summed E-state index contributed by atoms with van der Waals surface area (Å²) < 4.78 is 29.7. The summed E-state index contributed by atoms with van der Waals surface area (Å²) in [5.41, 5.74) is 1.14. The van der Waals surface area contributed by atoms with Crippen molar-refractivity contribution in [1.29, 1.82) is 0 Å². The third kappa shape index (κ3) is 4.51. The normalized spacial score (nSPS) is 19.7. The predicted octanol–water partition coefficient (Wildman–Crippen LogP) is 3.60. The molecule has 1 aromatic heterocycles. The summed E-state index contributed by atoms with van der Waals surface area (Å²) in [6.45, 7) is 1.42. The number of methoxy groups -OCH3 is 1. The van der Waals surface area contributed by atoms with Gasteiger partial charge < -0.3 is 4.74 Å². The molecule has 1 saturated heterocycles. The van der Waals surface area contributed by atoms with E-state index in [4.69, 9.17) is 16.3 Å². The molecular formula is C17H20ClNO3S2. The molecule has 0 amide bonds. The summed E-state index contributed by atoms with van der Waals surface area (Å²) in [5, 5.41) is 0. The van der Waals surface area contributed by atoms with E-state index in [-0.39, 0.29) is 17.5 Å². The molecule has 1 aliphatic rings. The molecule has 0 bridgehead atoms. The van der Waals surface area contributed by atoms with Gasteiger partial charge in [-0.15, -0.1) is 11.3 Å². The molecule has 130 valence electrons. The Morgan fingerprint density at radius 1 is 1.21 bits per heavy atom. The van der Waals surface area contributed by atoms with Gasteiger partial charge in [0, 0.05) is 24.0 Å². The number of ether oxygens (including phenoxy) is 1. The van der Waals surface area contributed by atoms with E-state index in [0.717, 1.165) is 20.5 Å². The fraction of sp³-hybridized carbons (Fsp3) is 0.412. The highest BCUT2D eigenvalue weighted by molar-refractivity contribution is 7.91. The second kappa shape index (κ2) is 7.44. The Kier molecular flexibility index (Phi) is 5.49. The first kappa shape index (κ1) is 17.7. The highest BCUT2D eigenvalue weighted by Gasteiger charge is 2.32. The number of benzene rings is 1. The number of rotatable bonds is 6. The van der Waals surface area contributed by atoms with E-state index >= 15 is 0 Å². The standard InChI is InChI=1S/C17H20ClNO3S2/c1-22-15-4-2-13(3-5-15)10-19(11-16-6-7-17(18)23-16)14-8-9-24(20,21)12-14/h2-7,14H,8-12H2,1H3/t14-/m0/s1. The van der Waals surface area contributed by atoms with Crippen LogP contribution in [0.25, 0.3) is 0 Å². The molecule has 1 atom stereocenters. The average Bonchev–Trinajstić information content (AvgIpc) is 3.12. The Morgan fingerprint density at radius 2 is 1.96 bits per heavy atom. The molecule has 0 spiro atoms. The van der Waals surface area contributed by atoms with E-state index in [1.54, 1.807) is 18.4 Å². The number of hydrogen-bond donors (Lipinski definition) is 0. The van der Waals surface area contributed by atoms with Crippen LogP contribution in [0.2, 0.25) is 4.34 Å². The van der Waals surface area contributed by atoms with Gasteiger partial charge in [-0.1, -0.05) is 23.7 Å². The van der Waals surface area contributed by atoms with Gasteiger partial charge in [0.1, 0.15) is 5.75 Å². The van der Waals surface area contributed by atoms with Crippen LogP contribution in [0.3, 0.4) is 0 Å². The molecule has 7 heteroatoms. The molecule has 0 N–H and O–H groups in total. The number of halogens is 1. The number of thiophene rings is 1. The van der Waals surface area contributed by atoms with Gasteiger partial charge in [-0.3, -0.25) is 4.90 Å². The van der Waals surface area contributed by atoms with Crippen LogP contribution < -0.4 is 4.74 Å². The first-order valence-electron chi connectivity index (χ1n) is 7.77. The second-order valence-corrected chi connectivity index (χ2v) is 10.0. The second-order valence-electron chi connectivity index (χ2n) is 6.02. The number of nitrogens with zero attached hydrogens (tertiary/aromatic N) is 1. The highest BCUT2D eigenvalue weighted by Crippen LogP contribution is 2.27. The molecule has 4 nitrogen and oxygen atoms in total. The summed E-state index contributed by atoms with van der Waals surface area (Å²) >= 11 is 7.58. The van der Waals surface area contributed by atoms with Crippen molar-refractivity contribution in [2.24, 2.45) is 0 Å². The van der Waals surface area contributed by atoms with Gasteiger partial charge in [0.05, 0.1) is 23.0 Å². The number of sulfone groups is 1. The largest absolute Gasteiger partial charge is 0.497 e. The zero-order valence-electron chi connectivity index (χ0n) is 13.4. The van der Waals surface area contributed by atoms with Crippen LogP contribution in [0.15, 0.2) is 36.4 Å². The molecule has 0 unspecified atom stereocenters. The lowest BCUT2D eigenvalue weighted by atomic mass is 10.1. The van der Waals surface area contributed by atoms with Crippen LogP contribution in [0, 0.1) is 0 Å². The molecule has 1 fully saturated rings. The lowest BCUT2D eigenvalue weighted by Crippen LogP contribution is -2.35. The van der Waals surface area contributed by atoms with Crippen molar-refractivity contribution >= 4 is 32.8 Å². The predicted molar refractivity (Wildman–Crippen MR) is 98.6 cm³/mol. The lowest BCUT2D eigenvalue weighted by molar-refractivity contribution is 0.196. The van der Waals surface area contributed by atoms with Gasteiger partial charge in [0.25, 0.3) is 0 Å². The van der Waals surface area contributed by atoms with Crippen molar-refractivity contribution in [2.45, 2.75) is 25.6 Å². The Bertz CT molecular complexity index is 786. The van der Waals surface area contributed by atoms with E-state index in [2.05, 4.69) is 4.90 Å². The first-order valence-corrected chi connectivity index (χ1v) is 10.8. The van der Waals surface area contributed by atoms with Crippen LogP contribution in [0.1, 0.15) is 16.9 Å². The molecule has 1 aliphatic heterocycles. The quantitative estimate of drug-likeness (QED) is 0.762. The van der Waals surface area contributed by atoms with Gasteiger partial charge in [-0.2, -0.15) is 0 Å². The Morgan fingerprint density at radius 3 is 2.50 bits per heavy atom. The summed E-state index contributed by atoms with van der Waals surface area (Å²) in [7, 11) is -1.27. The molecule has 2 aromatic rings. The summed E-state index contributed by atoms with van der Waals surface area (Å²) in [4.78, 5) is 3.40. The molecule has 3 rings (SSSR count). The Balaban J connectivity index is 1.78. The SMILES string of the molecule is COc1ccc(CN(Cc2ccc(Cl)s2)[C@H]2CCS(=O)(=O)C2)cc1. The van der Waals surface area contributed by atoms with E-state index < -0.39 is 9.84 Å². The topological polar surface area (TPSA) is 46.6 Å². The fourth-order valence-corrected chi connectivity index (χ4v) is 5.85. The van der Waals surface area contributed by atoms with E-state index in [1.165, 1.54) is 0 Å². The van der Waals surface area contributed by atoms with Crippen molar-refractivity contribution in [3.63, 3.8) is 0 Å². The molecule has 0 radical (unpaired) electrons. The zero-order chi connectivity index (χ0) is 17.2. The minimum absolute atomic E-state index is 0.0537. The third-order valence-corrected chi connectivity index (χ3v) is 7.22. The molecule has 24 heavy (non-hydrogen) atoms. The van der Waals surface area contributed by atoms with Gasteiger partial charge in [-0.05, 0) is 36.2 Å². The molecule has 0 aliphatic carbocycles. The van der Waals surface area contributed by atoms with Gasteiger partial charge in [-0.25, -0.2) is 8.42 Å². The van der Waals surface area contributed by atoms with Crippen molar-refractivity contribution < 1.29 is 13.2 Å². The van der Waals surface area contributed by atoms with Crippen LogP contribution in [-0.2, 0) is 22.9 Å². The molecule has 1 aromatic carbocycles. The zero-order valence-corrected chi connectivity index (χ0v) is 15.8. The highest BCUT2D eigenvalue weighted by atomic mass is 35.5. The Hall–Kier alpha value is -1.08. The van der Waals surface area contributed by atoms with Crippen molar-refractivity contribution in [3.05, 3.63) is 51.2 Å². The van der Waals surface area contributed by atoms with Gasteiger partial charge in [0.2, 0.25) is 0 Å². The van der Waals surface area contributed by atoms with E-state index in [0.29, 0.717) is 19.5 Å². The van der Waals surface area contributed by atoms with E-state index in [1.807, 2.05) is 36.4 Å². The molecule has 2 heterocycles. The number of hydrogen-bond acceptors (Lipinski definition) is 5. The molecule has 0 saturated carbocycles. The van der Waals surface area contributed by atoms with Gasteiger partial charge >= 0.3 is 0 Å². The summed E-state index contributed by atoms with van der Waals surface area (Å²) in [6.07, 6.45) is 0.692. The van der Waals surface area contributed by atoms with Crippen molar-refractivity contribution in [2.75, 3.05) is 18.6 Å². The fourth-order valence-electron chi connectivity index (χ4n) is 2.98. The molecular weight excluding hydrogens is 366 g/mol. The third-order valence-electron chi connectivity index (χ3n) is 4.26. The Labute approximate surface area is 151 Å². The minimum atomic E-state index is -2.91.